The molecule has 13 aromatic carbocycles. The van der Waals surface area contributed by atoms with Crippen molar-refractivity contribution in [3.63, 3.8) is 0 Å². The first-order valence-corrected chi connectivity index (χ1v) is 17.8. The molecule has 0 atom stereocenters. The van der Waals surface area contributed by atoms with E-state index in [1.54, 1.807) is 0 Å². The van der Waals surface area contributed by atoms with Gasteiger partial charge >= 0.3 is 0 Å². The molecule has 0 radical (unpaired) electrons. The lowest BCUT2D eigenvalue weighted by Gasteiger charge is -2.18. The minimum atomic E-state index is 0.992. The summed E-state index contributed by atoms with van der Waals surface area (Å²) in [5.41, 5.74) is 3.43. The normalized spacial score (nSPS) is 12.9. The highest BCUT2D eigenvalue weighted by molar-refractivity contribution is 7.81. The van der Waals surface area contributed by atoms with Crippen LogP contribution >= 0.6 is 12.8 Å². The topological polar surface area (TPSA) is 12.0 Å². The number of fused-ring (bicyclic) bond motifs is 11. The summed E-state index contributed by atoms with van der Waals surface area (Å²) in [7, 11) is 0. The van der Waals surface area contributed by atoms with Gasteiger partial charge in [0.25, 0.3) is 0 Å². The Bertz CT molecular complexity index is 3560. The fourth-order valence-electron chi connectivity index (χ4n) is 10.0. The molecule has 1 nitrogen and oxygen atoms in total. The van der Waals surface area contributed by atoms with Gasteiger partial charge in [0.05, 0.1) is 0 Å². The fourth-order valence-corrected chi connectivity index (χ4v) is 10.2. The molecular weight excluding hydrogens is 623 g/mol. The smallest absolute Gasteiger partial charge is 0.0438 e. The second-order valence-electron chi connectivity index (χ2n) is 14.3. The summed E-state index contributed by atoms with van der Waals surface area (Å²) in [6.45, 7) is 0. The third-order valence-electron chi connectivity index (χ3n) is 12.0. The standard InChI is InChI=1S/C48H25NS/c50-49-30-14-9-24(10-15-30)25-11-16-33-38(21-25)36-17-12-26-20-29-23-40-47-35-8-4-2-6-32(35)31-5-1-3-7-34(31)45(47)37-18-13-27-19-28-22-39(33)46(36)41(26)43(28)44(29)42(27)48(37)40/h1-23,49-50H. The third kappa shape index (κ3) is 2.92. The minimum absolute atomic E-state index is 0.992. The van der Waals surface area contributed by atoms with Crippen molar-refractivity contribution in [2.45, 2.75) is 0 Å². The Kier molecular flexibility index (Phi) is 4.52. The second-order valence-corrected chi connectivity index (χ2v) is 14.5. The molecule has 0 aliphatic rings. The first kappa shape index (κ1) is 25.9. The number of thiol groups is 1. The summed E-state index contributed by atoms with van der Waals surface area (Å²) < 4.78 is 2.94. The molecule has 0 unspecified atom stereocenters. The highest BCUT2D eigenvalue weighted by Crippen LogP contribution is 2.54. The molecule has 0 aromatic heterocycles. The van der Waals surface area contributed by atoms with Crippen LogP contribution in [-0.2, 0) is 0 Å². The molecule has 0 saturated heterocycles. The van der Waals surface area contributed by atoms with Gasteiger partial charge in [-0.05, 0) is 172 Å². The molecule has 50 heavy (non-hydrogen) atoms. The van der Waals surface area contributed by atoms with Crippen molar-refractivity contribution < 1.29 is 0 Å². The quantitative estimate of drug-likeness (QED) is 0.108. The van der Waals surface area contributed by atoms with Crippen LogP contribution in [0.25, 0.3) is 130 Å². The van der Waals surface area contributed by atoms with Gasteiger partial charge in [0.2, 0.25) is 0 Å². The molecule has 2 heteroatoms. The van der Waals surface area contributed by atoms with Crippen LogP contribution in [0.4, 0.5) is 5.69 Å². The maximum absolute atomic E-state index is 4.22. The van der Waals surface area contributed by atoms with E-state index < -0.39 is 0 Å². The van der Waals surface area contributed by atoms with Crippen LogP contribution < -0.4 is 4.72 Å². The highest BCUT2D eigenvalue weighted by atomic mass is 32.1. The minimum Gasteiger partial charge on any atom is -0.332 e. The van der Waals surface area contributed by atoms with Gasteiger partial charge in [-0.2, -0.15) is 0 Å². The van der Waals surface area contributed by atoms with Crippen LogP contribution in [-0.4, -0.2) is 0 Å². The lowest BCUT2D eigenvalue weighted by atomic mass is 9.85. The molecule has 13 aromatic rings. The summed E-state index contributed by atoms with van der Waals surface area (Å²) >= 11 is 4.22. The molecule has 0 aliphatic heterocycles. The zero-order valence-electron chi connectivity index (χ0n) is 26.7. The van der Waals surface area contributed by atoms with Crippen LogP contribution in [0.1, 0.15) is 0 Å². The van der Waals surface area contributed by atoms with Gasteiger partial charge in [0.15, 0.2) is 0 Å². The van der Waals surface area contributed by atoms with Gasteiger partial charge in [-0.1, -0.05) is 110 Å². The number of anilines is 1. The summed E-state index contributed by atoms with van der Waals surface area (Å²) in [5.74, 6) is 0. The van der Waals surface area contributed by atoms with E-state index in [4.69, 9.17) is 0 Å². The van der Waals surface area contributed by atoms with E-state index in [9.17, 15) is 0 Å². The maximum Gasteiger partial charge on any atom is 0.0438 e. The van der Waals surface area contributed by atoms with Crippen molar-refractivity contribution >= 4 is 137 Å². The van der Waals surface area contributed by atoms with Crippen LogP contribution in [0.2, 0.25) is 0 Å². The maximum atomic E-state index is 4.22. The Hall–Kier alpha value is -6.09. The number of hydrogen-bond acceptors (Lipinski definition) is 2. The van der Waals surface area contributed by atoms with Crippen molar-refractivity contribution in [3.8, 4) is 11.1 Å². The average molecular weight is 648 g/mol. The molecule has 0 heterocycles. The van der Waals surface area contributed by atoms with Gasteiger partial charge in [0.1, 0.15) is 0 Å². The first-order valence-electron chi connectivity index (χ1n) is 17.3. The van der Waals surface area contributed by atoms with E-state index in [0.717, 1.165) is 5.69 Å². The third-order valence-corrected chi connectivity index (χ3v) is 12.2. The molecule has 0 spiro atoms. The average Bonchev–Trinajstić information content (AvgIpc) is 3.68. The van der Waals surface area contributed by atoms with Crippen molar-refractivity contribution in [2.24, 2.45) is 0 Å². The Morgan fingerprint density at radius 3 is 1.40 bits per heavy atom. The van der Waals surface area contributed by atoms with Crippen LogP contribution in [0.5, 0.6) is 0 Å². The lowest BCUT2D eigenvalue weighted by Crippen LogP contribution is -1.89. The zero-order valence-corrected chi connectivity index (χ0v) is 27.6. The van der Waals surface area contributed by atoms with Crippen molar-refractivity contribution in [1.29, 1.82) is 0 Å². The lowest BCUT2D eigenvalue weighted by molar-refractivity contribution is 1.64. The Morgan fingerprint density at radius 1 is 0.280 bits per heavy atom. The molecule has 0 aliphatic carbocycles. The molecule has 228 valence electrons. The van der Waals surface area contributed by atoms with Crippen molar-refractivity contribution in [3.05, 3.63) is 140 Å². The van der Waals surface area contributed by atoms with Crippen LogP contribution in [0.3, 0.4) is 0 Å². The molecule has 1 N–H and O–H groups in total. The van der Waals surface area contributed by atoms with Crippen molar-refractivity contribution in [2.75, 3.05) is 4.72 Å². The first-order chi connectivity index (χ1) is 24.7. The summed E-state index contributed by atoms with van der Waals surface area (Å²) in [6, 6.07) is 52.9. The van der Waals surface area contributed by atoms with Gasteiger partial charge in [-0.25, -0.2) is 0 Å². The zero-order chi connectivity index (χ0) is 32.4. The molecule has 0 fully saturated rings. The predicted molar refractivity (Wildman–Crippen MR) is 222 cm³/mol. The summed E-state index contributed by atoms with van der Waals surface area (Å²) in [6.07, 6.45) is 0. The van der Waals surface area contributed by atoms with E-state index >= 15 is 0 Å². The van der Waals surface area contributed by atoms with Crippen molar-refractivity contribution in [1.82, 2.24) is 0 Å². The SMILES string of the molecule is SNc1ccc(-c2ccc3c(c2)c2ccc4cc5cc6c7c8ccccc8c8ccccc8c7c7ccc8cc9cc3c2c4c9c5c8c76)cc1. The van der Waals surface area contributed by atoms with Gasteiger partial charge in [-0.15, -0.1) is 0 Å². The molecule has 0 amide bonds. The largest absolute Gasteiger partial charge is 0.332 e. The van der Waals surface area contributed by atoms with E-state index in [-0.39, 0.29) is 0 Å². The Morgan fingerprint density at radius 2 is 0.740 bits per heavy atom. The molecule has 0 bridgehead atoms. The van der Waals surface area contributed by atoms with E-state index in [0.29, 0.717) is 0 Å². The van der Waals surface area contributed by atoms with Crippen LogP contribution in [0, 0.1) is 0 Å². The number of hydrogen-bond donors (Lipinski definition) is 2. The second kappa shape index (κ2) is 8.73. The molecular formula is C48H25NS. The number of rotatable bonds is 2. The summed E-state index contributed by atoms with van der Waals surface area (Å²) in [5, 5.41) is 29.9. The van der Waals surface area contributed by atoms with Gasteiger partial charge < -0.3 is 4.72 Å². The molecule has 0 saturated carbocycles. The summed E-state index contributed by atoms with van der Waals surface area (Å²) in [4.78, 5) is 0. The Balaban J connectivity index is 1.21. The number of benzene rings is 11. The Labute approximate surface area is 291 Å². The van der Waals surface area contributed by atoms with E-state index in [1.807, 2.05) is 0 Å². The number of nitrogens with one attached hydrogen (secondary N) is 1. The van der Waals surface area contributed by atoms with Gasteiger partial charge in [0, 0.05) is 5.69 Å². The predicted octanol–water partition coefficient (Wildman–Crippen LogP) is 14.0. The van der Waals surface area contributed by atoms with Gasteiger partial charge in [-0.3, -0.25) is 0 Å². The van der Waals surface area contributed by atoms with E-state index in [2.05, 4.69) is 157 Å². The fraction of sp³-hybridized carbons (Fsp3) is 0. The van der Waals surface area contributed by atoms with Crippen LogP contribution in [0.15, 0.2) is 140 Å². The van der Waals surface area contributed by atoms with E-state index in [1.165, 1.54) is 130 Å². The molecule has 13 rings (SSSR count). The highest BCUT2D eigenvalue weighted by Gasteiger charge is 2.25. The monoisotopic (exact) mass is 647 g/mol.